The molecule has 0 N–H and O–H groups in total. The maximum absolute atomic E-state index is 14.2. The van der Waals surface area contributed by atoms with Crippen molar-refractivity contribution in [3.63, 3.8) is 0 Å². The van der Waals surface area contributed by atoms with Gasteiger partial charge in [0.2, 0.25) is 5.90 Å². The third-order valence-corrected chi connectivity index (χ3v) is 4.42. The SMILES string of the molecule is Cc1cc(F)c(C(C)C)cc1-c1ccc(C(F)(F)F)cc1C1=NCCO1. The van der Waals surface area contributed by atoms with Gasteiger partial charge in [-0.3, -0.25) is 0 Å². The van der Waals surface area contributed by atoms with Crippen molar-refractivity contribution in [2.24, 2.45) is 4.99 Å². The molecule has 138 valence electrons. The fraction of sp³-hybridized carbons (Fsp3) is 0.350. The summed E-state index contributed by atoms with van der Waals surface area (Å²) in [5.74, 6) is -0.169. The summed E-state index contributed by atoms with van der Waals surface area (Å²) in [6.45, 7) is 6.22. The average Bonchev–Trinajstić information content (AvgIpc) is 3.07. The maximum atomic E-state index is 14.2. The van der Waals surface area contributed by atoms with E-state index in [0.29, 0.717) is 35.4 Å². The Hall–Kier alpha value is -2.37. The zero-order valence-electron chi connectivity index (χ0n) is 14.7. The predicted octanol–water partition coefficient (Wildman–Crippen LogP) is 5.72. The van der Waals surface area contributed by atoms with Crippen LogP contribution < -0.4 is 0 Å². The van der Waals surface area contributed by atoms with E-state index in [1.165, 1.54) is 12.1 Å². The van der Waals surface area contributed by atoms with Crippen molar-refractivity contribution >= 4 is 5.90 Å². The summed E-state index contributed by atoms with van der Waals surface area (Å²) in [4.78, 5) is 4.17. The molecular formula is C20H19F4NO. The molecule has 3 rings (SSSR count). The monoisotopic (exact) mass is 365 g/mol. The molecule has 0 aromatic heterocycles. The van der Waals surface area contributed by atoms with Gasteiger partial charge in [0.25, 0.3) is 0 Å². The number of alkyl halides is 3. The van der Waals surface area contributed by atoms with E-state index in [-0.39, 0.29) is 23.2 Å². The molecule has 0 spiro atoms. The van der Waals surface area contributed by atoms with Gasteiger partial charge in [-0.2, -0.15) is 13.2 Å². The summed E-state index contributed by atoms with van der Waals surface area (Å²) in [6, 6.07) is 6.62. The molecule has 0 aliphatic carbocycles. The second-order valence-electron chi connectivity index (χ2n) is 6.64. The average molecular weight is 365 g/mol. The first kappa shape index (κ1) is 18.4. The molecule has 0 radical (unpaired) electrons. The van der Waals surface area contributed by atoms with Crippen LogP contribution in [0.2, 0.25) is 0 Å². The Labute approximate surface area is 149 Å². The van der Waals surface area contributed by atoms with Crippen LogP contribution in [0.5, 0.6) is 0 Å². The zero-order valence-corrected chi connectivity index (χ0v) is 14.7. The van der Waals surface area contributed by atoms with E-state index >= 15 is 0 Å². The number of benzene rings is 2. The van der Waals surface area contributed by atoms with Gasteiger partial charge in [-0.05, 0) is 59.4 Å². The predicted molar refractivity (Wildman–Crippen MR) is 93.0 cm³/mol. The van der Waals surface area contributed by atoms with Crippen molar-refractivity contribution in [1.29, 1.82) is 0 Å². The summed E-state index contributed by atoms with van der Waals surface area (Å²) < 4.78 is 59.1. The van der Waals surface area contributed by atoms with Crippen LogP contribution in [0.15, 0.2) is 35.3 Å². The van der Waals surface area contributed by atoms with Crippen LogP contribution in [0, 0.1) is 12.7 Å². The number of nitrogens with zero attached hydrogens (tertiary/aromatic N) is 1. The Kier molecular flexibility index (Phi) is 4.78. The highest BCUT2D eigenvalue weighted by atomic mass is 19.4. The third-order valence-electron chi connectivity index (χ3n) is 4.42. The highest BCUT2D eigenvalue weighted by molar-refractivity contribution is 6.02. The van der Waals surface area contributed by atoms with Crippen molar-refractivity contribution in [3.8, 4) is 11.1 Å². The summed E-state index contributed by atoms with van der Waals surface area (Å²) in [7, 11) is 0. The number of ether oxygens (including phenoxy) is 1. The zero-order chi connectivity index (χ0) is 19.1. The lowest BCUT2D eigenvalue weighted by Gasteiger charge is -2.17. The highest BCUT2D eigenvalue weighted by Gasteiger charge is 2.32. The quantitative estimate of drug-likeness (QED) is 0.638. The number of hydrogen-bond acceptors (Lipinski definition) is 2. The van der Waals surface area contributed by atoms with E-state index in [0.717, 1.165) is 12.1 Å². The molecule has 0 saturated heterocycles. The van der Waals surface area contributed by atoms with Gasteiger partial charge < -0.3 is 4.74 Å². The van der Waals surface area contributed by atoms with Crippen molar-refractivity contribution in [3.05, 3.63) is 58.4 Å². The minimum Gasteiger partial charge on any atom is -0.475 e. The van der Waals surface area contributed by atoms with E-state index in [2.05, 4.69) is 4.99 Å². The minimum absolute atomic E-state index is 0.0488. The Morgan fingerprint density at radius 2 is 1.77 bits per heavy atom. The van der Waals surface area contributed by atoms with Gasteiger partial charge in [-0.25, -0.2) is 9.38 Å². The number of halogens is 4. The summed E-state index contributed by atoms with van der Waals surface area (Å²) in [5.41, 5.74) is 1.91. The number of aliphatic imine (C=N–C) groups is 1. The van der Waals surface area contributed by atoms with Crippen molar-refractivity contribution in [2.75, 3.05) is 13.2 Å². The van der Waals surface area contributed by atoms with Crippen LogP contribution in [-0.2, 0) is 10.9 Å². The molecule has 2 aromatic carbocycles. The van der Waals surface area contributed by atoms with Crippen LogP contribution in [-0.4, -0.2) is 19.0 Å². The first-order valence-electron chi connectivity index (χ1n) is 8.37. The molecule has 0 fully saturated rings. The van der Waals surface area contributed by atoms with E-state index in [4.69, 9.17) is 4.74 Å². The Bertz CT molecular complexity index is 869. The molecule has 26 heavy (non-hydrogen) atoms. The van der Waals surface area contributed by atoms with E-state index in [9.17, 15) is 17.6 Å². The summed E-state index contributed by atoms with van der Waals surface area (Å²) >= 11 is 0. The molecule has 2 aromatic rings. The van der Waals surface area contributed by atoms with Crippen LogP contribution in [0.4, 0.5) is 17.6 Å². The fourth-order valence-corrected chi connectivity index (χ4v) is 3.05. The van der Waals surface area contributed by atoms with Crippen LogP contribution in [0.3, 0.4) is 0 Å². The van der Waals surface area contributed by atoms with Crippen molar-refractivity contribution in [1.82, 2.24) is 0 Å². The van der Waals surface area contributed by atoms with Crippen molar-refractivity contribution in [2.45, 2.75) is 32.9 Å². The van der Waals surface area contributed by atoms with Gasteiger partial charge in [0, 0.05) is 5.56 Å². The molecule has 1 aliphatic rings. The molecular weight excluding hydrogens is 346 g/mol. The maximum Gasteiger partial charge on any atom is 0.416 e. The molecule has 0 atom stereocenters. The molecule has 2 nitrogen and oxygen atoms in total. The normalized spacial score (nSPS) is 14.5. The van der Waals surface area contributed by atoms with E-state index < -0.39 is 11.7 Å². The molecule has 0 bridgehead atoms. The smallest absolute Gasteiger partial charge is 0.416 e. The number of aryl methyl sites for hydroxylation is 1. The Morgan fingerprint density at radius 1 is 1.04 bits per heavy atom. The molecule has 0 amide bonds. The van der Waals surface area contributed by atoms with Crippen molar-refractivity contribution < 1.29 is 22.3 Å². The van der Waals surface area contributed by atoms with E-state index in [1.54, 1.807) is 13.0 Å². The first-order valence-corrected chi connectivity index (χ1v) is 8.37. The standard InChI is InChI=1S/C20H19F4NO/c1-11(2)15-10-16(12(3)8-18(15)21)14-5-4-13(20(22,23)24)9-17(14)19-25-6-7-26-19/h4-5,8-11H,6-7H2,1-3H3. The van der Waals surface area contributed by atoms with Crippen LogP contribution in [0.25, 0.3) is 11.1 Å². The lowest BCUT2D eigenvalue weighted by molar-refractivity contribution is -0.137. The summed E-state index contributed by atoms with van der Waals surface area (Å²) in [5, 5.41) is 0. The largest absolute Gasteiger partial charge is 0.475 e. The second-order valence-corrected chi connectivity index (χ2v) is 6.64. The highest BCUT2D eigenvalue weighted by Crippen LogP contribution is 2.36. The van der Waals surface area contributed by atoms with Gasteiger partial charge in [0.15, 0.2) is 0 Å². The van der Waals surface area contributed by atoms with Gasteiger partial charge in [0.05, 0.1) is 12.1 Å². The van der Waals surface area contributed by atoms with Crippen LogP contribution >= 0.6 is 0 Å². The molecule has 6 heteroatoms. The molecule has 1 heterocycles. The van der Waals surface area contributed by atoms with Gasteiger partial charge in [-0.15, -0.1) is 0 Å². The first-order chi connectivity index (χ1) is 12.2. The number of rotatable bonds is 3. The van der Waals surface area contributed by atoms with Gasteiger partial charge in [-0.1, -0.05) is 19.9 Å². The topological polar surface area (TPSA) is 21.6 Å². The molecule has 1 aliphatic heterocycles. The van der Waals surface area contributed by atoms with E-state index in [1.807, 2.05) is 13.8 Å². The lowest BCUT2D eigenvalue weighted by Crippen LogP contribution is -2.10. The Balaban J connectivity index is 2.23. The van der Waals surface area contributed by atoms with Crippen LogP contribution in [0.1, 0.15) is 42.0 Å². The molecule has 0 saturated carbocycles. The lowest BCUT2D eigenvalue weighted by atomic mass is 9.90. The summed E-state index contributed by atoms with van der Waals surface area (Å²) in [6.07, 6.45) is -4.46. The third kappa shape index (κ3) is 3.45. The second kappa shape index (κ2) is 6.74. The minimum atomic E-state index is -4.46. The fourth-order valence-electron chi connectivity index (χ4n) is 3.05. The van der Waals surface area contributed by atoms with Gasteiger partial charge in [0.1, 0.15) is 12.4 Å². The Morgan fingerprint density at radius 3 is 2.35 bits per heavy atom. The number of hydrogen-bond donors (Lipinski definition) is 0. The van der Waals surface area contributed by atoms with Gasteiger partial charge >= 0.3 is 6.18 Å². The molecule has 0 unspecified atom stereocenters.